The summed E-state index contributed by atoms with van der Waals surface area (Å²) in [4.78, 5) is 24.4. The lowest BCUT2D eigenvalue weighted by Gasteiger charge is -2.06. The van der Waals surface area contributed by atoms with Crippen LogP contribution in [0, 0.1) is 0 Å². The Kier molecular flexibility index (Phi) is 5.75. The van der Waals surface area contributed by atoms with Crippen molar-refractivity contribution < 1.29 is 19.1 Å². The van der Waals surface area contributed by atoms with Crippen LogP contribution in [-0.4, -0.2) is 25.6 Å². The minimum Gasteiger partial charge on any atom is -0.497 e. The molecular weight excluding hydrogens is 374 g/mol. The van der Waals surface area contributed by atoms with Crippen LogP contribution in [0.1, 0.15) is 15.2 Å². The van der Waals surface area contributed by atoms with E-state index in [1.165, 1.54) is 11.3 Å². The van der Waals surface area contributed by atoms with Crippen molar-refractivity contribution in [3.05, 3.63) is 64.0 Å². The van der Waals surface area contributed by atoms with Crippen molar-refractivity contribution in [1.82, 2.24) is 5.32 Å². The molecule has 0 bridgehead atoms. The van der Waals surface area contributed by atoms with Gasteiger partial charge in [-0.05, 0) is 23.8 Å². The first-order valence-corrected chi connectivity index (χ1v) is 9.01. The van der Waals surface area contributed by atoms with Crippen LogP contribution in [0.3, 0.4) is 0 Å². The number of amides is 1. The summed E-state index contributed by atoms with van der Waals surface area (Å²) < 4.78 is 11.1. The highest BCUT2D eigenvalue weighted by atomic mass is 35.5. The van der Waals surface area contributed by atoms with Crippen LogP contribution in [0.2, 0.25) is 5.02 Å². The van der Waals surface area contributed by atoms with Crippen molar-refractivity contribution in [3.8, 4) is 5.75 Å². The minimum atomic E-state index is -0.620. The Morgan fingerprint density at radius 3 is 2.65 bits per heavy atom. The van der Waals surface area contributed by atoms with Gasteiger partial charge in [-0.1, -0.05) is 41.9 Å². The number of hydrogen-bond acceptors (Lipinski definition) is 5. The molecule has 1 amide bonds. The van der Waals surface area contributed by atoms with Crippen molar-refractivity contribution in [2.45, 2.75) is 6.54 Å². The van der Waals surface area contributed by atoms with E-state index < -0.39 is 5.97 Å². The van der Waals surface area contributed by atoms with E-state index in [1.54, 1.807) is 25.3 Å². The molecule has 2 aromatic carbocycles. The van der Waals surface area contributed by atoms with Gasteiger partial charge in [0.1, 0.15) is 10.6 Å². The lowest BCUT2D eigenvalue weighted by molar-refractivity contribution is -0.124. The Morgan fingerprint density at radius 2 is 1.92 bits per heavy atom. The van der Waals surface area contributed by atoms with Gasteiger partial charge in [-0.2, -0.15) is 0 Å². The second kappa shape index (κ2) is 8.21. The smallest absolute Gasteiger partial charge is 0.350 e. The van der Waals surface area contributed by atoms with Gasteiger partial charge in [-0.15, -0.1) is 11.3 Å². The third-order valence-corrected chi connectivity index (χ3v) is 5.33. The summed E-state index contributed by atoms with van der Waals surface area (Å²) in [6, 6.07) is 14.8. The van der Waals surface area contributed by atoms with E-state index in [0.29, 0.717) is 17.3 Å². The highest BCUT2D eigenvalue weighted by Gasteiger charge is 2.19. The highest BCUT2D eigenvalue weighted by molar-refractivity contribution is 7.21. The number of fused-ring (bicyclic) bond motifs is 1. The molecule has 5 nitrogen and oxygen atoms in total. The van der Waals surface area contributed by atoms with Crippen molar-refractivity contribution in [1.29, 1.82) is 0 Å². The van der Waals surface area contributed by atoms with Crippen LogP contribution >= 0.6 is 22.9 Å². The van der Waals surface area contributed by atoms with Crippen molar-refractivity contribution in [2.75, 3.05) is 13.7 Å². The van der Waals surface area contributed by atoms with Gasteiger partial charge in [0.2, 0.25) is 0 Å². The van der Waals surface area contributed by atoms with E-state index in [1.807, 2.05) is 30.3 Å². The molecule has 1 N–H and O–H groups in total. The van der Waals surface area contributed by atoms with Gasteiger partial charge >= 0.3 is 5.97 Å². The Hall–Kier alpha value is -2.57. The van der Waals surface area contributed by atoms with Crippen LogP contribution in [0.5, 0.6) is 5.75 Å². The fraction of sp³-hybridized carbons (Fsp3) is 0.158. The molecule has 134 valence electrons. The molecule has 26 heavy (non-hydrogen) atoms. The largest absolute Gasteiger partial charge is 0.497 e. The normalized spacial score (nSPS) is 10.5. The fourth-order valence-electron chi connectivity index (χ4n) is 2.35. The second-order valence-corrected chi connectivity index (χ2v) is 6.88. The lowest BCUT2D eigenvalue weighted by Crippen LogP contribution is -2.28. The van der Waals surface area contributed by atoms with Gasteiger partial charge in [-0.25, -0.2) is 4.79 Å². The summed E-state index contributed by atoms with van der Waals surface area (Å²) in [6.45, 7) is 0.0141. The average Bonchev–Trinajstić information content (AvgIpc) is 3.01. The summed E-state index contributed by atoms with van der Waals surface area (Å²) in [5, 5.41) is 3.77. The number of carbonyl (C=O) groups excluding carboxylic acids is 2. The summed E-state index contributed by atoms with van der Waals surface area (Å²) in [5.41, 5.74) is 0.966. The van der Waals surface area contributed by atoms with E-state index in [-0.39, 0.29) is 17.4 Å². The highest BCUT2D eigenvalue weighted by Crippen LogP contribution is 2.37. The molecule has 0 saturated heterocycles. The topological polar surface area (TPSA) is 64.6 Å². The number of rotatable bonds is 6. The zero-order chi connectivity index (χ0) is 18.5. The first kappa shape index (κ1) is 18.2. The zero-order valence-electron chi connectivity index (χ0n) is 14.0. The molecule has 0 fully saturated rings. The Balaban J connectivity index is 1.60. The standard InChI is InChI=1S/C19H16ClNO4S/c1-24-13-7-8-14-15(9-13)26-18(17(14)20)19(23)25-11-16(22)21-10-12-5-3-2-4-6-12/h2-9H,10-11H2,1H3,(H,21,22). The maximum absolute atomic E-state index is 12.3. The number of halogens is 1. The number of carbonyl (C=O) groups is 2. The molecule has 0 atom stereocenters. The van der Waals surface area contributed by atoms with E-state index in [2.05, 4.69) is 5.32 Å². The van der Waals surface area contributed by atoms with E-state index in [9.17, 15) is 9.59 Å². The number of ether oxygens (including phenoxy) is 2. The lowest BCUT2D eigenvalue weighted by atomic mass is 10.2. The first-order chi connectivity index (χ1) is 12.6. The first-order valence-electron chi connectivity index (χ1n) is 7.82. The SMILES string of the molecule is COc1ccc2c(Cl)c(C(=O)OCC(=O)NCc3ccccc3)sc2c1. The molecule has 0 aliphatic heterocycles. The number of thiophene rings is 1. The molecule has 0 spiro atoms. The molecule has 3 rings (SSSR count). The molecule has 7 heteroatoms. The molecule has 0 aliphatic rings. The minimum absolute atomic E-state index is 0.269. The van der Waals surface area contributed by atoms with Gasteiger partial charge < -0.3 is 14.8 Å². The van der Waals surface area contributed by atoms with Gasteiger partial charge in [0.15, 0.2) is 6.61 Å². The summed E-state index contributed by atoms with van der Waals surface area (Å²) in [7, 11) is 1.57. The molecular formula is C19H16ClNO4S. The van der Waals surface area contributed by atoms with E-state index in [4.69, 9.17) is 21.1 Å². The number of hydrogen-bond donors (Lipinski definition) is 1. The molecule has 3 aromatic rings. The monoisotopic (exact) mass is 389 g/mol. The van der Waals surface area contributed by atoms with Crippen LogP contribution in [0.4, 0.5) is 0 Å². The Morgan fingerprint density at radius 1 is 1.15 bits per heavy atom. The molecule has 0 unspecified atom stereocenters. The quantitative estimate of drug-likeness (QED) is 0.646. The maximum atomic E-state index is 12.3. The Labute approximate surface area is 159 Å². The number of esters is 1. The number of nitrogens with one attached hydrogen (secondary N) is 1. The van der Waals surface area contributed by atoms with E-state index >= 15 is 0 Å². The van der Waals surface area contributed by atoms with Gasteiger partial charge in [0.25, 0.3) is 5.91 Å². The molecule has 0 radical (unpaired) electrons. The second-order valence-electron chi connectivity index (χ2n) is 5.45. The third kappa shape index (κ3) is 4.15. The van der Waals surface area contributed by atoms with Gasteiger partial charge in [-0.3, -0.25) is 4.79 Å². The van der Waals surface area contributed by atoms with Gasteiger partial charge in [0, 0.05) is 16.6 Å². The maximum Gasteiger partial charge on any atom is 0.350 e. The number of benzene rings is 2. The summed E-state index contributed by atoms with van der Waals surface area (Å²) in [6.07, 6.45) is 0. The average molecular weight is 390 g/mol. The van der Waals surface area contributed by atoms with Crippen LogP contribution in [0.25, 0.3) is 10.1 Å². The Bertz CT molecular complexity index is 939. The van der Waals surface area contributed by atoms with Crippen LogP contribution < -0.4 is 10.1 Å². The molecule has 1 aromatic heterocycles. The predicted octanol–water partition coefficient (Wildman–Crippen LogP) is 4.04. The summed E-state index contributed by atoms with van der Waals surface area (Å²) >= 11 is 7.48. The molecule has 1 heterocycles. The van der Waals surface area contributed by atoms with Crippen LogP contribution in [0.15, 0.2) is 48.5 Å². The predicted molar refractivity (Wildman–Crippen MR) is 102 cm³/mol. The van der Waals surface area contributed by atoms with Crippen molar-refractivity contribution >= 4 is 44.9 Å². The zero-order valence-corrected chi connectivity index (χ0v) is 15.5. The molecule has 0 saturated carbocycles. The van der Waals surface area contributed by atoms with Crippen molar-refractivity contribution in [3.63, 3.8) is 0 Å². The van der Waals surface area contributed by atoms with Crippen LogP contribution in [-0.2, 0) is 16.1 Å². The van der Waals surface area contributed by atoms with Crippen molar-refractivity contribution in [2.24, 2.45) is 0 Å². The van der Waals surface area contributed by atoms with E-state index in [0.717, 1.165) is 15.6 Å². The molecule has 0 aliphatic carbocycles. The fourth-order valence-corrected chi connectivity index (χ4v) is 3.78. The number of methoxy groups -OCH3 is 1. The summed E-state index contributed by atoms with van der Waals surface area (Å²) in [5.74, 6) is -0.318. The van der Waals surface area contributed by atoms with Gasteiger partial charge in [0.05, 0.1) is 12.1 Å². The third-order valence-electron chi connectivity index (χ3n) is 3.69.